The number of esters is 1. The highest BCUT2D eigenvalue weighted by Gasteiger charge is 2.10. The van der Waals surface area contributed by atoms with Crippen molar-refractivity contribution < 1.29 is 14.3 Å². The Morgan fingerprint density at radius 1 is 0.838 bits per heavy atom. The molecule has 0 unspecified atom stereocenters. The number of benzene rings is 3. The topological polar surface area (TPSA) is 35.5 Å². The van der Waals surface area contributed by atoms with Crippen LogP contribution in [0.5, 0.6) is 5.75 Å². The SMILES string of the molecule is C=Cc1cc(-c2ccc(C(=O)OCCC[C@@H](C)CC)cc2)ccc1-c1ccc(OCCCCCC)cc1. The average molecular weight is 499 g/mol. The lowest BCUT2D eigenvalue weighted by Gasteiger charge is -2.12. The van der Waals surface area contributed by atoms with E-state index >= 15 is 0 Å². The minimum Gasteiger partial charge on any atom is -0.494 e. The molecule has 0 amide bonds. The molecule has 3 aromatic carbocycles. The quantitative estimate of drug-likeness (QED) is 0.155. The van der Waals surface area contributed by atoms with Crippen molar-refractivity contribution in [3.05, 3.63) is 84.4 Å². The Morgan fingerprint density at radius 3 is 2.22 bits per heavy atom. The summed E-state index contributed by atoms with van der Waals surface area (Å²) < 4.78 is 11.3. The molecule has 0 N–H and O–H groups in total. The number of unbranched alkanes of at least 4 members (excludes halogenated alkanes) is 3. The van der Waals surface area contributed by atoms with Crippen molar-refractivity contribution in [2.75, 3.05) is 13.2 Å². The van der Waals surface area contributed by atoms with Gasteiger partial charge in [0.1, 0.15) is 5.75 Å². The maximum absolute atomic E-state index is 12.4. The number of hydrogen-bond donors (Lipinski definition) is 0. The van der Waals surface area contributed by atoms with Crippen molar-refractivity contribution in [2.24, 2.45) is 5.92 Å². The average Bonchev–Trinajstić information content (AvgIpc) is 2.95. The summed E-state index contributed by atoms with van der Waals surface area (Å²) in [5, 5.41) is 0. The monoisotopic (exact) mass is 498 g/mol. The number of hydrogen-bond acceptors (Lipinski definition) is 3. The normalized spacial score (nSPS) is 11.6. The van der Waals surface area contributed by atoms with Crippen molar-refractivity contribution >= 4 is 12.0 Å². The van der Waals surface area contributed by atoms with Crippen molar-refractivity contribution in [3.63, 3.8) is 0 Å². The van der Waals surface area contributed by atoms with E-state index in [1.807, 2.05) is 42.5 Å². The molecule has 0 aromatic heterocycles. The molecule has 0 heterocycles. The summed E-state index contributed by atoms with van der Waals surface area (Å²) in [6.45, 7) is 11.9. The van der Waals surface area contributed by atoms with Crippen molar-refractivity contribution in [1.82, 2.24) is 0 Å². The molecule has 196 valence electrons. The Kier molecular flexibility index (Phi) is 11.5. The number of carbonyl (C=O) groups is 1. The first-order valence-electron chi connectivity index (χ1n) is 13.8. The maximum atomic E-state index is 12.4. The summed E-state index contributed by atoms with van der Waals surface area (Å²) in [7, 11) is 0. The molecule has 3 aromatic rings. The third kappa shape index (κ3) is 8.63. The number of ether oxygens (including phenoxy) is 2. The van der Waals surface area contributed by atoms with Gasteiger partial charge in [0.25, 0.3) is 0 Å². The van der Waals surface area contributed by atoms with Gasteiger partial charge in [0.2, 0.25) is 0 Å². The summed E-state index contributed by atoms with van der Waals surface area (Å²) >= 11 is 0. The van der Waals surface area contributed by atoms with E-state index in [4.69, 9.17) is 9.47 Å². The van der Waals surface area contributed by atoms with Gasteiger partial charge in [0.15, 0.2) is 0 Å². The van der Waals surface area contributed by atoms with Crippen LogP contribution in [0.2, 0.25) is 0 Å². The van der Waals surface area contributed by atoms with Crippen LogP contribution in [-0.4, -0.2) is 19.2 Å². The molecule has 37 heavy (non-hydrogen) atoms. The summed E-state index contributed by atoms with van der Waals surface area (Å²) in [5.74, 6) is 1.32. The van der Waals surface area contributed by atoms with E-state index in [0.29, 0.717) is 18.1 Å². The van der Waals surface area contributed by atoms with Crippen LogP contribution < -0.4 is 4.74 Å². The molecule has 0 fully saturated rings. The van der Waals surface area contributed by atoms with E-state index < -0.39 is 0 Å². The van der Waals surface area contributed by atoms with Gasteiger partial charge in [0, 0.05) is 0 Å². The van der Waals surface area contributed by atoms with Gasteiger partial charge in [-0.15, -0.1) is 0 Å². The van der Waals surface area contributed by atoms with Crippen LogP contribution in [-0.2, 0) is 4.74 Å². The number of carbonyl (C=O) groups excluding carboxylic acids is 1. The van der Waals surface area contributed by atoms with E-state index in [-0.39, 0.29) is 5.97 Å². The summed E-state index contributed by atoms with van der Waals surface area (Å²) in [4.78, 5) is 12.4. The molecule has 0 radical (unpaired) electrons. The molecule has 3 heteroatoms. The van der Waals surface area contributed by atoms with Gasteiger partial charge in [-0.25, -0.2) is 4.79 Å². The van der Waals surface area contributed by atoms with Crippen LogP contribution in [0, 0.1) is 5.92 Å². The van der Waals surface area contributed by atoms with Crippen LogP contribution in [0.3, 0.4) is 0 Å². The molecule has 0 spiro atoms. The van der Waals surface area contributed by atoms with Crippen molar-refractivity contribution in [2.45, 2.75) is 65.7 Å². The third-order valence-electron chi connectivity index (χ3n) is 6.93. The molecular formula is C34H42O3. The van der Waals surface area contributed by atoms with E-state index in [9.17, 15) is 4.79 Å². The molecule has 0 saturated heterocycles. The fourth-order valence-electron chi connectivity index (χ4n) is 4.31. The Morgan fingerprint density at radius 2 is 1.54 bits per heavy atom. The molecule has 3 nitrogen and oxygen atoms in total. The summed E-state index contributed by atoms with van der Waals surface area (Å²) in [6, 6.07) is 22.3. The van der Waals surface area contributed by atoms with E-state index in [1.54, 1.807) is 0 Å². The van der Waals surface area contributed by atoms with E-state index in [2.05, 4.69) is 57.7 Å². The highest BCUT2D eigenvalue weighted by molar-refractivity contribution is 5.90. The first kappa shape index (κ1) is 28.2. The van der Waals surface area contributed by atoms with Crippen LogP contribution in [0.15, 0.2) is 73.3 Å². The van der Waals surface area contributed by atoms with Gasteiger partial charge < -0.3 is 9.47 Å². The van der Waals surface area contributed by atoms with E-state index in [1.165, 1.54) is 19.3 Å². The second kappa shape index (κ2) is 15.0. The van der Waals surface area contributed by atoms with Gasteiger partial charge in [-0.2, -0.15) is 0 Å². The third-order valence-corrected chi connectivity index (χ3v) is 6.93. The highest BCUT2D eigenvalue weighted by atomic mass is 16.5. The standard InChI is InChI=1S/C34H42O3/c1-5-8-9-10-23-36-32-20-17-29(18-21-32)33-22-19-31(25-27(33)7-3)28-13-15-30(16-14-28)34(35)37-24-11-12-26(4)6-2/h7,13-22,25-26H,3,5-6,8-12,23-24H2,1-2,4H3/t26-/m0/s1. The Labute approximate surface area is 223 Å². The minimum absolute atomic E-state index is 0.258. The molecule has 3 rings (SSSR count). The van der Waals surface area contributed by atoms with Crippen LogP contribution in [0.25, 0.3) is 28.3 Å². The lowest BCUT2D eigenvalue weighted by Crippen LogP contribution is -2.07. The highest BCUT2D eigenvalue weighted by Crippen LogP contribution is 2.31. The van der Waals surface area contributed by atoms with Gasteiger partial charge >= 0.3 is 5.97 Å². The predicted molar refractivity (Wildman–Crippen MR) is 156 cm³/mol. The Bertz CT molecular complexity index is 1110. The molecule has 0 bridgehead atoms. The Hall–Kier alpha value is -3.33. The largest absolute Gasteiger partial charge is 0.494 e. The second-order valence-corrected chi connectivity index (χ2v) is 9.81. The molecule has 0 aliphatic rings. The zero-order valence-electron chi connectivity index (χ0n) is 22.8. The maximum Gasteiger partial charge on any atom is 0.338 e. The lowest BCUT2D eigenvalue weighted by molar-refractivity contribution is 0.0494. The second-order valence-electron chi connectivity index (χ2n) is 9.81. The fraction of sp³-hybridized carbons (Fsp3) is 0.382. The van der Waals surface area contributed by atoms with Crippen molar-refractivity contribution in [1.29, 1.82) is 0 Å². The summed E-state index contributed by atoms with van der Waals surface area (Å²) in [6.07, 6.45) is 9.85. The molecule has 0 saturated carbocycles. The van der Waals surface area contributed by atoms with Crippen LogP contribution >= 0.6 is 0 Å². The van der Waals surface area contributed by atoms with Crippen LogP contribution in [0.4, 0.5) is 0 Å². The molecule has 0 aliphatic carbocycles. The van der Waals surface area contributed by atoms with Crippen LogP contribution in [0.1, 0.15) is 81.6 Å². The molecule has 0 aliphatic heterocycles. The van der Waals surface area contributed by atoms with E-state index in [0.717, 1.165) is 65.9 Å². The Balaban J connectivity index is 1.62. The lowest BCUT2D eigenvalue weighted by atomic mass is 9.94. The first-order chi connectivity index (χ1) is 18.0. The minimum atomic E-state index is -0.258. The molecular weight excluding hydrogens is 456 g/mol. The van der Waals surface area contributed by atoms with Gasteiger partial charge in [-0.3, -0.25) is 0 Å². The smallest absolute Gasteiger partial charge is 0.338 e. The first-order valence-corrected chi connectivity index (χ1v) is 13.8. The van der Waals surface area contributed by atoms with Gasteiger partial charge in [-0.05, 0) is 83.3 Å². The molecule has 1 atom stereocenters. The fourth-order valence-corrected chi connectivity index (χ4v) is 4.31. The number of rotatable bonds is 15. The zero-order chi connectivity index (χ0) is 26.5. The van der Waals surface area contributed by atoms with Gasteiger partial charge in [0.05, 0.1) is 18.8 Å². The van der Waals surface area contributed by atoms with Crippen molar-refractivity contribution in [3.8, 4) is 28.0 Å². The summed E-state index contributed by atoms with van der Waals surface area (Å²) in [5.41, 5.74) is 6.04. The zero-order valence-corrected chi connectivity index (χ0v) is 22.8. The predicted octanol–water partition coefficient (Wildman–Crippen LogP) is 9.61. The van der Waals surface area contributed by atoms with Gasteiger partial charge in [-0.1, -0.05) is 95.5 Å².